The van der Waals surface area contributed by atoms with Crippen molar-refractivity contribution in [1.82, 2.24) is 4.98 Å². The second-order valence-electron chi connectivity index (χ2n) is 5.62. The molecule has 0 fully saturated rings. The maximum absolute atomic E-state index is 9.17. The first kappa shape index (κ1) is 15.0. The van der Waals surface area contributed by atoms with Gasteiger partial charge in [0.05, 0.1) is 18.2 Å². The van der Waals surface area contributed by atoms with Crippen molar-refractivity contribution in [2.24, 2.45) is 4.99 Å². The van der Waals surface area contributed by atoms with E-state index in [4.69, 9.17) is 14.7 Å². The fourth-order valence-electron chi connectivity index (χ4n) is 2.52. The average Bonchev–Trinajstić information content (AvgIpc) is 2.54. The number of aromatic nitrogens is 1. The van der Waals surface area contributed by atoms with Crippen molar-refractivity contribution < 1.29 is 9.47 Å². The molecule has 0 N–H and O–H groups in total. The summed E-state index contributed by atoms with van der Waals surface area (Å²) in [6.45, 7) is 6.24. The second kappa shape index (κ2) is 5.73. The minimum absolute atomic E-state index is 0.539. The van der Waals surface area contributed by atoms with Gasteiger partial charge in [0.25, 0.3) is 0 Å². The minimum atomic E-state index is -0.711. The van der Waals surface area contributed by atoms with Crippen LogP contribution in [-0.4, -0.2) is 23.0 Å². The van der Waals surface area contributed by atoms with Crippen molar-refractivity contribution in [3.8, 4) is 17.6 Å². The first-order chi connectivity index (χ1) is 11.0. The van der Waals surface area contributed by atoms with Crippen LogP contribution in [0.15, 0.2) is 41.5 Å². The molecule has 116 valence electrons. The zero-order valence-electron chi connectivity index (χ0n) is 13.3. The van der Waals surface area contributed by atoms with Crippen LogP contribution in [0, 0.1) is 11.3 Å². The summed E-state index contributed by atoms with van der Waals surface area (Å²) in [4.78, 5) is 9.13. The molecular weight excluding hydrogens is 290 g/mol. The normalized spacial score (nSPS) is 15.0. The largest absolute Gasteiger partial charge is 0.492 e. The lowest BCUT2D eigenvalue weighted by atomic mass is 10.00. The Kier molecular flexibility index (Phi) is 3.75. The van der Waals surface area contributed by atoms with Gasteiger partial charge in [0.2, 0.25) is 0 Å². The molecule has 0 radical (unpaired) electrons. The summed E-state index contributed by atoms with van der Waals surface area (Å²) in [6.07, 6.45) is 1.71. The zero-order chi connectivity index (χ0) is 16.4. The first-order valence-corrected chi connectivity index (χ1v) is 7.45. The number of nitriles is 1. The molecule has 0 unspecified atom stereocenters. The van der Waals surface area contributed by atoms with Crippen LogP contribution in [0.5, 0.6) is 11.5 Å². The molecule has 3 rings (SSSR count). The Bertz CT molecular complexity index is 819. The lowest BCUT2D eigenvalue weighted by molar-refractivity contribution is 0.115. The molecule has 0 atom stereocenters. The Morgan fingerprint density at radius 2 is 2.13 bits per heavy atom. The number of pyridine rings is 1. The van der Waals surface area contributed by atoms with Gasteiger partial charge in [-0.3, -0.25) is 4.98 Å². The maximum atomic E-state index is 9.17. The topological polar surface area (TPSA) is 67.5 Å². The Hall–Kier alpha value is -2.87. The van der Waals surface area contributed by atoms with E-state index in [1.165, 1.54) is 0 Å². The molecule has 0 saturated heterocycles. The van der Waals surface area contributed by atoms with Crippen LogP contribution in [0.3, 0.4) is 0 Å². The smallest absolute Gasteiger partial charge is 0.195 e. The molecule has 2 aromatic rings. The van der Waals surface area contributed by atoms with Crippen molar-refractivity contribution in [3.05, 3.63) is 53.3 Å². The van der Waals surface area contributed by atoms with Crippen LogP contribution in [0.25, 0.3) is 0 Å². The summed E-state index contributed by atoms with van der Waals surface area (Å²) >= 11 is 0. The number of rotatable bonds is 3. The van der Waals surface area contributed by atoms with Crippen LogP contribution in [0.4, 0.5) is 0 Å². The number of nitrogens with zero attached hydrogens (tertiary/aromatic N) is 3. The number of benzene rings is 1. The fraction of sp³-hybridized carbons (Fsp3) is 0.278. The standard InChI is InChI=1S/C18H17N3O2/c1-4-22-15-6-5-9-20-17(15)16-13-10-12(11-19)7-8-14(13)23-18(2,3)21-16/h5-10H,4H2,1-3H3. The number of hydrogen-bond acceptors (Lipinski definition) is 5. The van der Waals surface area contributed by atoms with Gasteiger partial charge in [0.1, 0.15) is 22.9 Å². The van der Waals surface area contributed by atoms with E-state index in [1.807, 2.05) is 32.9 Å². The van der Waals surface area contributed by atoms with E-state index in [1.54, 1.807) is 24.4 Å². The predicted molar refractivity (Wildman–Crippen MR) is 86.9 cm³/mol. The van der Waals surface area contributed by atoms with Crippen molar-refractivity contribution >= 4 is 5.71 Å². The molecule has 0 aliphatic carbocycles. The Balaban J connectivity index is 2.22. The maximum Gasteiger partial charge on any atom is 0.195 e. The summed E-state index contributed by atoms with van der Waals surface area (Å²) < 4.78 is 11.6. The molecule has 0 bridgehead atoms. The highest BCUT2D eigenvalue weighted by molar-refractivity contribution is 6.15. The minimum Gasteiger partial charge on any atom is -0.492 e. The van der Waals surface area contributed by atoms with Crippen molar-refractivity contribution in [2.75, 3.05) is 6.61 Å². The molecule has 0 saturated carbocycles. The molecule has 0 amide bonds. The van der Waals surface area contributed by atoms with Crippen molar-refractivity contribution in [3.63, 3.8) is 0 Å². The molecular formula is C18H17N3O2. The summed E-state index contributed by atoms with van der Waals surface area (Å²) in [5, 5.41) is 9.17. The molecule has 5 heteroatoms. The Morgan fingerprint density at radius 3 is 2.87 bits per heavy atom. The Labute approximate surface area is 135 Å². The van der Waals surface area contributed by atoms with Gasteiger partial charge in [-0.15, -0.1) is 0 Å². The number of aliphatic imine (C=N–C) groups is 1. The van der Waals surface area contributed by atoms with Gasteiger partial charge in [-0.1, -0.05) is 0 Å². The summed E-state index contributed by atoms with van der Waals surface area (Å²) in [5.74, 6) is 1.35. The zero-order valence-corrected chi connectivity index (χ0v) is 13.3. The Morgan fingerprint density at radius 1 is 1.30 bits per heavy atom. The monoisotopic (exact) mass is 307 g/mol. The lowest BCUT2D eigenvalue weighted by Gasteiger charge is -2.30. The van der Waals surface area contributed by atoms with Crippen LogP contribution in [-0.2, 0) is 0 Å². The summed E-state index contributed by atoms with van der Waals surface area (Å²) in [6, 6.07) is 11.1. The average molecular weight is 307 g/mol. The molecule has 1 aliphatic heterocycles. The van der Waals surface area contributed by atoms with Gasteiger partial charge >= 0.3 is 0 Å². The molecule has 0 spiro atoms. The number of fused-ring (bicyclic) bond motifs is 1. The van der Waals surface area contributed by atoms with E-state index in [2.05, 4.69) is 16.0 Å². The third kappa shape index (κ3) is 2.88. The van der Waals surface area contributed by atoms with E-state index < -0.39 is 5.72 Å². The van der Waals surface area contributed by atoms with Crippen molar-refractivity contribution in [1.29, 1.82) is 5.26 Å². The van der Waals surface area contributed by atoms with Gasteiger partial charge < -0.3 is 9.47 Å². The summed E-state index contributed by atoms with van der Waals surface area (Å²) in [7, 11) is 0. The highest BCUT2D eigenvalue weighted by Gasteiger charge is 2.30. The van der Waals surface area contributed by atoms with Gasteiger partial charge in [-0.2, -0.15) is 5.26 Å². The predicted octanol–water partition coefficient (Wildman–Crippen LogP) is 3.32. The lowest BCUT2D eigenvalue weighted by Crippen LogP contribution is -2.33. The first-order valence-electron chi connectivity index (χ1n) is 7.45. The van der Waals surface area contributed by atoms with E-state index in [-0.39, 0.29) is 0 Å². The third-order valence-corrected chi connectivity index (χ3v) is 3.40. The van der Waals surface area contributed by atoms with Gasteiger partial charge in [-0.05, 0) is 51.1 Å². The van der Waals surface area contributed by atoms with Gasteiger partial charge in [0.15, 0.2) is 5.72 Å². The molecule has 5 nitrogen and oxygen atoms in total. The van der Waals surface area contributed by atoms with Crippen LogP contribution in [0.1, 0.15) is 37.6 Å². The molecule has 1 aromatic carbocycles. The molecule has 23 heavy (non-hydrogen) atoms. The van der Waals surface area contributed by atoms with Crippen LogP contribution < -0.4 is 9.47 Å². The SMILES string of the molecule is CCOc1cccnc1C1=NC(C)(C)Oc2ccc(C#N)cc21. The summed E-state index contributed by atoms with van der Waals surface area (Å²) in [5.41, 5.74) is 1.92. The highest BCUT2D eigenvalue weighted by Crippen LogP contribution is 2.34. The van der Waals surface area contributed by atoms with Crippen molar-refractivity contribution in [2.45, 2.75) is 26.5 Å². The highest BCUT2D eigenvalue weighted by atomic mass is 16.5. The van der Waals surface area contributed by atoms with E-state index in [9.17, 15) is 0 Å². The van der Waals surface area contributed by atoms with Crippen LogP contribution >= 0.6 is 0 Å². The second-order valence-corrected chi connectivity index (χ2v) is 5.62. The number of ether oxygens (including phenoxy) is 2. The fourth-order valence-corrected chi connectivity index (χ4v) is 2.52. The molecule has 1 aromatic heterocycles. The van der Waals surface area contributed by atoms with Gasteiger partial charge in [-0.25, -0.2) is 4.99 Å². The van der Waals surface area contributed by atoms with Gasteiger partial charge in [0, 0.05) is 11.8 Å². The number of hydrogen-bond donors (Lipinski definition) is 0. The van der Waals surface area contributed by atoms with E-state index in [0.717, 1.165) is 5.56 Å². The van der Waals surface area contributed by atoms with Crippen LogP contribution in [0.2, 0.25) is 0 Å². The quantitative estimate of drug-likeness (QED) is 0.872. The third-order valence-electron chi connectivity index (χ3n) is 3.40. The molecule has 2 heterocycles. The van der Waals surface area contributed by atoms with E-state index >= 15 is 0 Å². The van der Waals surface area contributed by atoms with E-state index in [0.29, 0.717) is 35.1 Å². The molecule has 1 aliphatic rings.